The maximum atomic E-state index is 13.7. The fourth-order valence-corrected chi connectivity index (χ4v) is 4.58. The van der Waals surface area contributed by atoms with E-state index in [4.69, 9.17) is 24.0 Å². The van der Waals surface area contributed by atoms with Crippen molar-refractivity contribution < 1.29 is 28.5 Å². The van der Waals surface area contributed by atoms with Gasteiger partial charge >= 0.3 is 5.97 Å². The molecule has 202 valence electrons. The molecule has 1 aliphatic heterocycles. The van der Waals surface area contributed by atoms with Crippen LogP contribution in [0.5, 0.6) is 23.0 Å². The van der Waals surface area contributed by atoms with Crippen LogP contribution in [0.3, 0.4) is 0 Å². The summed E-state index contributed by atoms with van der Waals surface area (Å²) in [7, 11) is 4.68. The molecular formula is C32H28N2O6. The molecule has 4 aromatic rings. The molecule has 0 aliphatic carbocycles. The van der Waals surface area contributed by atoms with E-state index >= 15 is 0 Å². The predicted octanol–water partition coefficient (Wildman–Crippen LogP) is 5.92. The lowest BCUT2D eigenvalue weighted by atomic mass is 9.97. The second-order valence-electron chi connectivity index (χ2n) is 9.01. The van der Waals surface area contributed by atoms with Crippen LogP contribution < -0.4 is 18.9 Å². The van der Waals surface area contributed by atoms with Gasteiger partial charge in [-0.25, -0.2) is 9.80 Å². The van der Waals surface area contributed by atoms with E-state index in [-0.39, 0.29) is 11.7 Å². The predicted molar refractivity (Wildman–Crippen MR) is 150 cm³/mol. The highest BCUT2D eigenvalue weighted by Gasteiger charge is 2.35. The molecule has 1 atom stereocenters. The summed E-state index contributed by atoms with van der Waals surface area (Å²) in [6.45, 7) is 0. The molecule has 8 heteroatoms. The van der Waals surface area contributed by atoms with Crippen LogP contribution in [0.4, 0.5) is 0 Å². The minimum atomic E-state index is -0.512. The van der Waals surface area contributed by atoms with E-state index in [0.717, 1.165) is 5.56 Å². The smallest absolute Gasteiger partial charge is 0.343 e. The number of carbonyl (C=O) groups is 2. The highest BCUT2D eigenvalue weighted by Crippen LogP contribution is 2.40. The van der Waals surface area contributed by atoms with Crippen molar-refractivity contribution in [2.45, 2.75) is 12.5 Å². The van der Waals surface area contributed by atoms with E-state index in [0.29, 0.717) is 46.1 Å². The van der Waals surface area contributed by atoms with Crippen LogP contribution in [-0.2, 0) is 0 Å². The Hall–Kier alpha value is -5.11. The zero-order chi connectivity index (χ0) is 28.1. The van der Waals surface area contributed by atoms with Gasteiger partial charge in [-0.1, -0.05) is 42.5 Å². The highest BCUT2D eigenvalue weighted by molar-refractivity contribution is 6.07. The second kappa shape index (κ2) is 11.7. The fraction of sp³-hybridized carbons (Fsp3) is 0.156. The van der Waals surface area contributed by atoms with Crippen molar-refractivity contribution in [3.05, 3.63) is 119 Å². The number of methoxy groups -OCH3 is 3. The van der Waals surface area contributed by atoms with Crippen LogP contribution in [0, 0.1) is 0 Å². The number of esters is 1. The third kappa shape index (κ3) is 5.37. The number of rotatable bonds is 8. The van der Waals surface area contributed by atoms with Gasteiger partial charge in [-0.15, -0.1) is 0 Å². The van der Waals surface area contributed by atoms with E-state index < -0.39 is 12.0 Å². The van der Waals surface area contributed by atoms with Crippen molar-refractivity contribution in [3.63, 3.8) is 0 Å². The van der Waals surface area contributed by atoms with Gasteiger partial charge in [0, 0.05) is 23.6 Å². The number of benzene rings is 4. The van der Waals surface area contributed by atoms with Crippen LogP contribution >= 0.6 is 0 Å². The van der Waals surface area contributed by atoms with Crippen molar-refractivity contribution in [3.8, 4) is 23.0 Å². The van der Waals surface area contributed by atoms with Gasteiger partial charge in [-0.2, -0.15) is 5.10 Å². The fourth-order valence-electron chi connectivity index (χ4n) is 4.58. The molecule has 5 rings (SSSR count). The molecule has 8 nitrogen and oxygen atoms in total. The van der Waals surface area contributed by atoms with Crippen LogP contribution in [-0.4, -0.2) is 43.9 Å². The number of amides is 1. The van der Waals surface area contributed by atoms with E-state index in [1.165, 1.54) is 12.1 Å². The van der Waals surface area contributed by atoms with Gasteiger partial charge in [0.15, 0.2) is 11.5 Å². The van der Waals surface area contributed by atoms with Crippen LogP contribution in [0.2, 0.25) is 0 Å². The summed E-state index contributed by atoms with van der Waals surface area (Å²) in [6, 6.07) is 28.0. The quantitative estimate of drug-likeness (QED) is 0.205. The summed E-state index contributed by atoms with van der Waals surface area (Å²) in [5, 5.41) is 6.25. The lowest BCUT2D eigenvalue weighted by Gasteiger charge is -2.23. The number of hydrogen-bond acceptors (Lipinski definition) is 7. The Labute approximate surface area is 232 Å². The van der Waals surface area contributed by atoms with Gasteiger partial charge < -0.3 is 18.9 Å². The number of hydrogen-bond donors (Lipinski definition) is 0. The first-order valence-corrected chi connectivity index (χ1v) is 12.7. The molecule has 0 bridgehead atoms. The molecule has 4 aromatic carbocycles. The monoisotopic (exact) mass is 536 g/mol. The Morgan fingerprint density at radius 3 is 2.05 bits per heavy atom. The Bertz CT molecular complexity index is 1550. The van der Waals surface area contributed by atoms with Crippen LogP contribution in [0.25, 0.3) is 0 Å². The molecule has 0 saturated carbocycles. The average molecular weight is 537 g/mol. The molecule has 0 spiro atoms. The Kier molecular flexibility index (Phi) is 7.77. The summed E-state index contributed by atoms with van der Waals surface area (Å²) < 4.78 is 22.2. The number of nitrogens with zero attached hydrogens (tertiary/aromatic N) is 2. The van der Waals surface area contributed by atoms with E-state index in [1.54, 1.807) is 74.9 Å². The molecule has 0 aromatic heterocycles. The average Bonchev–Trinajstić information content (AvgIpc) is 3.46. The maximum absolute atomic E-state index is 13.7. The first-order valence-electron chi connectivity index (χ1n) is 12.7. The van der Waals surface area contributed by atoms with Crippen molar-refractivity contribution >= 4 is 17.6 Å². The Balaban J connectivity index is 1.56. The van der Waals surface area contributed by atoms with Crippen LogP contribution in [0.15, 0.2) is 102 Å². The summed E-state index contributed by atoms with van der Waals surface area (Å²) >= 11 is 0. The van der Waals surface area contributed by atoms with Crippen molar-refractivity contribution in [2.24, 2.45) is 5.10 Å². The molecule has 40 heavy (non-hydrogen) atoms. The third-order valence-corrected chi connectivity index (χ3v) is 6.64. The SMILES string of the molecule is COc1ccc(C2=NN(C(=O)c3ccccc3)[C@H](c3ccc(OC)c(OC)c3)C2)c(OC(=O)c2ccccc2)c1. The first kappa shape index (κ1) is 26.5. The Morgan fingerprint density at radius 1 is 0.725 bits per heavy atom. The van der Waals surface area contributed by atoms with Gasteiger partial charge in [0.05, 0.1) is 38.6 Å². The summed E-state index contributed by atoms with van der Waals surface area (Å²) in [5.74, 6) is 1.16. The highest BCUT2D eigenvalue weighted by atomic mass is 16.5. The maximum Gasteiger partial charge on any atom is 0.343 e. The van der Waals surface area contributed by atoms with Crippen molar-refractivity contribution in [1.82, 2.24) is 5.01 Å². The minimum Gasteiger partial charge on any atom is -0.497 e. The standard InChI is InChI=1S/C32H28N2O6/c1-37-24-15-16-25(29(19-24)40-32(36)22-12-8-5-9-13-22)26-20-27(23-14-17-28(38-2)30(18-23)39-3)34(33-26)31(35)21-10-6-4-7-11-21/h4-19,27H,20H2,1-3H3/t27-/m0/s1. The Morgan fingerprint density at radius 2 is 1.40 bits per heavy atom. The number of carbonyl (C=O) groups excluding carboxylic acids is 2. The zero-order valence-electron chi connectivity index (χ0n) is 22.4. The van der Waals surface area contributed by atoms with Gasteiger partial charge in [0.1, 0.15) is 11.5 Å². The molecule has 0 saturated heterocycles. The lowest BCUT2D eigenvalue weighted by molar-refractivity contribution is 0.0707. The van der Waals surface area contributed by atoms with Gasteiger partial charge in [-0.05, 0) is 54.1 Å². The van der Waals surface area contributed by atoms with Crippen molar-refractivity contribution in [2.75, 3.05) is 21.3 Å². The number of ether oxygens (including phenoxy) is 4. The molecule has 0 radical (unpaired) electrons. The van der Waals surface area contributed by atoms with E-state index in [9.17, 15) is 9.59 Å². The second-order valence-corrected chi connectivity index (χ2v) is 9.01. The normalized spacial score (nSPS) is 14.3. The molecule has 1 amide bonds. The molecule has 0 unspecified atom stereocenters. The summed E-state index contributed by atoms with van der Waals surface area (Å²) in [6.07, 6.45) is 0.371. The topological polar surface area (TPSA) is 86.7 Å². The number of hydrazone groups is 1. The van der Waals surface area contributed by atoms with E-state index in [1.807, 2.05) is 36.4 Å². The largest absolute Gasteiger partial charge is 0.497 e. The van der Waals surface area contributed by atoms with Crippen molar-refractivity contribution in [1.29, 1.82) is 0 Å². The molecular weight excluding hydrogens is 508 g/mol. The first-order chi connectivity index (χ1) is 19.5. The summed E-state index contributed by atoms with van der Waals surface area (Å²) in [5.41, 5.74) is 2.90. The van der Waals surface area contributed by atoms with Gasteiger partial charge in [0.25, 0.3) is 5.91 Å². The zero-order valence-corrected chi connectivity index (χ0v) is 22.4. The molecule has 1 aliphatic rings. The van der Waals surface area contributed by atoms with Crippen LogP contribution in [0.1, 0.15) is 44.3 Å². The summed E-state index contributed by atoms with van der Waals surface area (Å²) in [4.78, 5) is 26.7. The molecule has 1 heterocycles. The molecule has 0 N–H and O–H groups in total. The van der Waals surface area contributed by atoms with Gasteiger partial charge in [-0.3, -0.25) is 4.79 Å². The van der Waals surface area contributed by atoms with E-state index in [2.05, 4.69) is 0 Å². The molecule has 0 fully saturated rings. The minimum absolute atomic E-state index is 0.258. The van der Waals surface area contributed by atoms with Gasteiger partial charge in [0.2, 0.25) is 0 Å². The third-order valence-electron chi connectivity index (χ3n) is 6.64. The lowest BCUT2D eigenvalue weighted by Crippen LogP contribution is -2.27.